The Morgan fingerprint density at radius 2 is 2.04 bits per heavy atom. The number of rotatable bonds is 5. The van der Waals surface area contributed by atoms with Gasteiger partial charge in [0.15, 0.2) is 0 Å². The molecule has 1 saturated carbocycles. The minimum Gasteiger partial charge on any atom is -0.496 e. The predicted octanol–water partition coefficient (Wildman–Crippen LogP) is 3.66. The van der Waals surface area contributed by atoms with Crippen molar-refractivity contribution in [1.29, 1.82) is 0 Å². The summed E-state index contributed by atoms with van der Waals surface area (Å²) in [5.41, 5.74) is 0.827. The average Bonchev–Trinajstić information content (AvgIpc) is 3.05. The summed E-state index contributed by atoms with van der Waals surface area (Å²) in [7, 11) is 1.64. The van der Waals surface area contributed by atoms with Gasteiger partial charge in [0.2, 0.25) is 5.89 Å². The van der Waals surface area contributed by atoms with Crippen molar-refractivity contribution in [3.63, 3.8) is 0 Å². The summed E-state index contributed by atoms with van der Waals surface area (Å²) in [6.07, 6.45) is 3.84. The van der Waals surface area contributed by atoms with Crippen molar-refractivity contribution in [2.75, 3.05) is 7.11 Å². The van der Waals surface area contributed by atoms with Crippen LogP contribution in [0.2, 0.25) is 0 Å². The second-order valence-corrected chi connectivity index (χ2v) is 6.46. The van der Waals surface area contributed by atoms with Crippen LogP contribution >= 0.6 is 0 Å². The standard InChI is InChI=1S/C18H25N3O2/c1-12-7-6-9-15(13(12)2)19-11-17-20-21-18(23-17)14-8-4-5-10-16(14)22-3/h4-5,8,10,12-13,15,19H,6-7,9,11H2,1-3H3/t12-,13-,15-/m1/s1. The molecule has 124 valence electrons. The van der Waals surface area contributed by atoms with Crippen LogP contribution in [0.5, 0.6) is 5.75 Å². The fourth-order valence-corrected chi connectivity index (χ4v) is 3.34. The lowest BCUT2D eigenvalue weighted by atomic mass is 9.78. The fourth-order valence-electron chi connectivity index (χ4n) is 3.34. The Morgan fingerprint density at radius 1 is 1.22 bits per heavy atom. The molecule has 2 aromatic rings. The summed E-state index contributed by atoms with van der Waals surface area (Å²) in [5.74, 6) is 3.32. The number of hydrogen-bond acceptors (Lipinski definition) is 5. The van der Waals surface area contributed by atoms with Gasteiger partial charge in [0, 0.05) is 6.04 Å². The lowest BCUT2D eigenvalue weighted by molar-refractivity contribution is 0.202. The van der Waals surface area contributed by atoms with Gasteiger partial charge in [-0.3, -0.25) is 0 Å². The molecule has 3 rings (SSSR count). The zero-order valence-electron chi connectivity index (χ0n) is 14.1. The van der Waals surface area contributed by atoms with E-state index in [4.69, 9.17) is 9.15 Å². The Morgan fingerprint density at radius 3 is 2.87 bits per heavy atom. The van der Waals surface area contributed by atoms with Crippen LogP contribution < -0.4 is 10.1 Å². The smallest absolute Gasteiger partial charge is 0.251 e. The van der Waals surface area contributed by atoms with Gasteiger partial charge in [-0.2, -0.15) is 0 Å². The van der Waals surface area contributed by atoms with E-state index in [0.717, 1.165) is 17.2 Å². The highest BCUT2D eigenvalue weighted by atomic mass is 16.5. The van der Waals surface area contributed by atoms with E-state index in [1.165, 1.54) is 19.3 Å². The number of hydrogen-bond donors (Lipinski definition) is 1. The molecule has 3 atom stereocenters. The Kier molecular flexibility index (Phi) is 4.96. The van der Waals surface area contributed by atoms with E-state index in [0.29, 0.717) is 30.3 Å². The fraction of sp³-hybridized carbons (Fsp3) is 0.556. The van der Waals surface area contributed by atoms with E-state index >= 15 is 0 Å². The molecule has 5 nitrogen and oxygen atoms in total. The van der Waals surface area contributed by atoms with Gasteiger partial charge in [-0.1, -0.05) is 38.8 Å². The summed E-state index contributed by atoms with van der Waals surface area (Å²) < 4.78 is 11.1. The molecule has 1 N–H and O–H groups in total. The second kappa shape index (κ2) is 7.13. The highest BCUT2D eigenvalue weighted by Crippen LogP contribution is 2.30. The summed E-state index contributed by atoms with van der Waals surface area (Å²) in [5, 5.41) is 11.9. The molecule has 1 heterocycles. The first-order chi connectivity index (χ1) is 11.2. The number of nitrogens with zero attached hydrogens (tertiary/aromatic N) is 2. The first-order valence-electron chi connectivity index (χ1n) is 8.38. The van der Waals surface area contributed by atoms with Gasteiger partial charge in [0.25, 0.3) is 5.89 Å². The molecular weight excluding hydrogens is 290 g/mol. The molecule has 0 unspecified atom stereocenters. The number of ether oxygens (including phenoxy) is 1. The third-order valence-electron chi connectivity index (χ3n) is 5.03. The quantitative estimate of drug-likeness (QED) is 0.912. The number of aromatic nitrogens is 2. The van der Waals surface area contributed by atoms with Crippen molar-refractivity contribution in [3.8, 4) is 17.2 Å². The van der Waals surface area contributed by atoms with Gasteiger partial charge in [-0.05, 0) is 30.4 Å². The summed E-state index contributed by atoms with van der Waals surface area (Å²) in [4.78, 5) is 0. The van der Waals surface area contributed by atoms with Gasteiger partial charge in [0.05, 0.1) is 19.2 Å². The monoisotopic (exact) mass is 315 g/mol. The van der Waals surface area contributed by atoms with Gasteiger partial charge in [-0.15, -0.1) is 10.2 Å². The van der Waals surface area contributed by atoms with Crippen LogP contribution in [0.25, 0.3) is 11.5 Å². The topological polar surface area (TPSA) is 60.2 Å². The average molecular weight is 315 g/mol. The molecule has 1 aliphatic rings. The van der Waals surface area contributed by atoms with Crippen LogP contribution in [0, 0.1) is 11.8 Å². The predicted molar refractivity (Wildman–Crippen MR) is 89.1 cm³/mol. The number of methoxy groups -OCH3 is 1. The van der Waals surface area contributed by atoms with Gasteiger partial charge < -0.3 is 14.5 Å². The Bertz CT molecular complexity index is 641. The van der Waals surface area contributed by atoms with Crippen molar-refractivity contribution in [1.82, 2.24) is 15.5 Å². The summed E-state index contributed by atoms with van der Waals surface area (Å²) in [6.45, 7) is 5.28. The van der Waals surface area contributed by atoms with Gasteiger partial charge in [-0.25, -0.2) is 0 Å². The maximum Gasteiger partial charge on any atom is 0.251 e. The third kappa shape index (κ3) is 3.55. The van der Waals surface area contributed by atoms with E-state index in [2.05, 4.69) is 29.4 Å². The van der Waals surface area contributed by atoms with Crippen LogP contribution in [-0.4, -0.2) is 23.3 Å². The van der Waals surface area contributed by atoms with Gasteiger partial charge >= 0.3 is 0 Å². The summed E-state index contributed by atoms with van der Waals surface area (Å²) in [6, 6.07) is 8.20. The van der Waals surface area contributed by atoms with E-state index < -0.39 is 0 Å². The van der Waals surface area contributed by atoms with Gasteiger partial charge in [0.1, 0.15) is 5.75 Å². The molecule has 1 aromatic carbocycles. The number of nitrogens with one attached hydrogen (secondary N) is 1. The van der Waals surface area contributed by atoms with E-state index in [9.17, 15) is 0 Å². The van der Waals surface area contributed by atoms with Crippen molar-refractivity contribution in [2.24, 2.45) is 11.8 Å². The Labute approximate surface area is 137 Å². The van der Waals surface area contributed by atoms with Crippen molar-refractivity contribution in [2.45, 2.75) is 45.7 Å². The Hall–Kier alpha value is -1.88. The highest BCUT2D eigenvalue weighted by Gasteiger charge is 2.27. The lowest BCUT2D eigenvalue weighted by Crippen LogP contribution is -2.40. The molecule has 0 bridgehead atoms. The second-order valence-electron chi connectivity index (χ2n) is 6.46. The maximum absolute atomic E-state index is 5.80. The molecular formula is C18H25N3O2. The number of para-hydroxylation sites is 1. The van der Waals surface area contributed by atoms with Crippen LogP contribution in [0.15, 0.2) is 28.7 Å². The lowest BCUT2D eigenvalue weighted by Gasteiger charge is -2.34. The van der Waals surface area contributed by atoms with Crippen molar-refractivity contribution >= 4 is 0 Å². The molecule has 1 aromatic heterocycles. The maximum atomic E-state index is 5.80. The Balaban J connectivity index is 1.66. The first kappa shape index (κ1) is 16.0. The molecule has 5 heteroatoms. The normalized spacial score (nSPS) is 24.6. The molecule has 0 aliphatic heterocycles. The van der Waals surface area contributed by atoms with Crippen molar-refractivity contribution in [3.05, 3.63) is 30.2 Å². The molecule has 1 fully saturated rings. The van der Waals surface area contributed by atoms with Crippen LogP contribution in [0.4, 0.5) is 0 Å². The van der Waals surface area contributed by atoms with Crippen molar-refractivity contribution < 1.29 is 9.15 Å². The minimum absolute atomic E-state index is 0.504. The first-order valence-corrected chi connectivity index (χ1v) is 8.38. The third-order valence-corrected chi connectivity index (χ3v) is 5.03. The van der Waals surface area contributed by atoms with E-state index in [1.807, 2.05) is 24.3 Å². The molecule has 0 spiro atoms. The largest absolute Gasteiger partial charge is 0.496 e. The van der Waals surface area contributed by atoms with Crippen LogP contribution in [0.1, 0.15) is 39.0 Å². The SMILES string of the molecule is COc1ccccc1-c1nnc(CN[C@@H]2CCC[C@@H](C)[C@H]2C)o1. The zero-order chi connectivity index (χ0) is 16.2. The molecule has 0 saturated heterocycles. The molecule has 23 heavy (non-hydrogen) atoms. The molecule has 0 amide bonds. The molecule has 0 radical (unpaired) electrons. The van der Waals surface area contributed by atoms with Crippen LogP contribution in [0.3, 0.4) is 0 Å². The highest BCUT2D eigenvalue weighted by molar-refractivity contribution is 5.62. The van der Waals surface area contributed by atoms with Crippen LogP contribution in [-0.2, 0) is 6.54 Å². The summed E-state index contributed by atoms with van der Waals surface area (Å²) >= 11 is 0. The minimum atomic E-state index is 0.504. The molecule has 1 aliphatic carbocycles. The van der Waals surface area contributed by atoms with E-state index in [1.54, 1.807) is 7.11 Å². The number of benzene rings is 1. The zero-order valence-corrected chi connectivity index (χ0v) is 14.1. The van der Waals surface area contributed by atoms with E-state index in [-0.39, 0.29) is 0 Å².